The van der Waals surface area contributed by atoms with Crippen LogP contribution in [-0.4, -0.2) is 0 Å². The van der Waals surface area contributed by atoms with Crippen LogP contribution in [0.5, 0.6) is 0 Å². The molecule has 2 N–H and O–H groups in total. The third-order valence-corrected chi connectivity index (χ3v) is 4.12. The van der Waals surface area contributed by atoms with Gasteiger partial charge in [-0.05, 0) is 35.9 Å². The fraction of sp³-hybridized carbons (Fsp3) is 0. The van der Waals surface area contributed by atoms with Crippen LogP contribution in [0.15, 0.2) is 88.7 Å². The summed E-state index contributed by atoms with van der Waals surface area (Å²) in [6.45, 7) is 0. The summed E-state index contributed by atoms with van der Waals surface area (Å²) in [5, 5.41) is 0. The van der Waals surface area contributed by atoms with E-state index in [4.69, 9.17) is 5.73 Å². The monoisotopic (exact) mass is 277 g/mol. The Balaban J connectivity index is 1.83. The van der Waals surface area contributed by atoms with Gasteiger partial charge in [0.25, 0.3) is 0 Å². The molecule has 3 aromatic carbocycles. The van der Waals surface area contributed by atoms with Crippen molar-refractivity contribution in [1.82, 2.24) is 0 Å². The fourth-order valence-corrected chi connectivity index (χ4v) is 2.92. The number of hydrogen-bond donors (Lipinski definition) is 1. The summed E-state index contributed by atoms with van der Waals surface area (Å²) >= 11 is 1.76. The molecule has 98 valence electrons. The van der Waals surface area contributed by atoms with Gasteiger partial charge in [0.2, 0.25) is 0 Å². The first-order valence-electron chi connectivity index (χ1n) is 6.51. The van der Waals surface area contributed by atoms with E-state index in [2.05, 4.69) is 54.6 Å². The summed E-state index contributed by atoms with van der Waals surface area (Å²) in [5.41, 5.74) is 9.06. The Morgan fingerprint density at radius 3 is 1.90 bits per heavy atom. The molecule has 0 heterocycles. The lowest BCUT2D eigenvalue weighted by Crippen LogP contribution is -1.88. The molecule has 0 atom stereocenters. The molecule has 0 fully saturated rings. The van der Waals surface area contributed by atoms with E-state index in [0.717, 1.165) is 16.8 Å². The molecule has 1 nitrogen and oxygen atoms in total. The molecular weight excluding hydrogens is 262 g/mol. The number of para-hydroxylation sites is 1. The predicted molar refractivity (Wildman–Crippen MR) is 86.9 cm³/mol. The first kappa shape index (κ1) is 12.8. The van der Waals surface area contributed by atoms with Crippen molar-refractivity contribution < 1.29 is 0 Å². The van der Waals surface area contributed by atoms with Crippen LogP contribution in [0.25, 0.3) is 11.1 Å². The number of benzene rings is 3. The van der Waals surface area contributed by atoms with Crippen molar-refractivity contribution in [3.05, 3.63) is 78.9 Å². The maximum Gasteiger partial charge on any atom is 0.0393 e. The third kappa shape index (κ3) is 2.86. The molecule has 3 rings (SSSR count). The summed E-state index contributed by atoms with van der Waals surface area (Å²) in [6.07, 6.45) is 0. The normalized spacial score (nSPS) is 10.4. The molecule has 0 amide bonds. The van der Waals surface area contributed by atoms with Gasteiger partial charge in [0.05, 0.1) is 0 Å². The Morgan fingerprint density at radius 1 is 0.600 bits per heavy atom. The van der Waals surface area contributed by atoms with E-state index in [-0.39, 0.29) is 0 Å². The van der Waals surface area contributed by atoms with Gasteiger partial charge in [-0.3, -0.25) is 0 Å². The van der Waals surface area contributed by atoms with Crippen molar-refractivity contribution in [2.24, 2.45) is 0 Å². The number of hydrogen-bond acceptors (Lipinski definition) is 2. The van der Waals surface area contributed by atoms with Crippen molar-refractivity contribution in [2.75, 3.05) is 5.73 Å². The zero-order chi connectivity index (χ0) is 13.8. The van der Waals surface area contributed by atoms with E-state index in [0.29, 0.717) is 0 Å². The zero-order valence-electron chi connectivity index (χ0n) is 11.0. The molecular formula is C18H15NS. The van der Waals surface area contributed by atoms with E-state index in [1.165, 1.54) is 9.79 Å². The number of nitrogens with two attached hydrogens (primary N) is 1. The van der Waals surface area contributed by atoms with E-state index in [1.807, 2.05) is 24.3 Å². The van der Waals surface area contributed by atoms with Crippen LogP contribution in [0.2, 0.25) is 0 Å². The predicted octanol–water partition coefficient (Wildman–Crippen LogP) is 5.09. The molecule has 0 unspecified atom stereocenters. The van der Waals surface area contributed by atoms with Crippen molar-refractivity contribution >= 4 is 17.4 Å². The lowest BCUT2D eigenvalue weighted by atomic mass is 10.0. The minimum Gasteiger partial charge on any atom is -0.398 e. The Hall–Kier alpha value is -2.19. The second-order valence-corrected chi connectivity index (χ2v) is 5.67. The molecule has 0 aliphatic rings. The minimum atomic E-state index is 0.816. The van der Waals surface area contributed by atoms with Gasteiger partial charge in [0.1, 0.15) is 0 Å². The molecule has 0 aliphatic heterocycles. The average molecular weight is 277 g/mol. The van der Waals surface area contributed by atoms with Crippen molar-refractivity contribution in [2.45, 2.75) is 9.79 Å². The van der Waals surface area contributed by atoms with Gasteiger partial charge in [-0.2, -0.15) is 0 Å². The minimum absolute atomic E-state index is 0.816. The molecule has 0 saturated heterocycles. The molecule has 0 bridgehead atoms. The van der Waals surface area contributed by atoms with E-state index in [1.54, 1.807) is 11.8 Å². The number of anilines is 1. The highest BCUT2D eigenvalue weighted by Gasteiger charge is 2.02. The second-order valence-electron chi connectivity index (χ2n) is 4.53. The molecule has 0 saturated carbocycles. The van der Waals surface area contributed by atoms with Gasteiger partial charge in [-0.1, -0.05) is 60.3 Å². The molecule has 0 radical (unpaired) electrons. The van der Waals surface area contributed by atoms with E-state index in [9.17, 15) is 0 Å². The van der Waals surface area contributed by atoms with Gasteiger partial charge < -0.3 is 5.73 Å². The average Bonchev–Trinajstić information content (AvgIpc) is 2.50. The number of nitrogen functional groups attached to an aromatic ring is 1. The Bertz CT molecular complexity index is 690. The highest BCUT2D eigenvalue weighted by Crippen LogP contribution is 2.31. The molecule has 20 heavy (non-hydrogen) atoms. The Morgan fingerprint density at radius 2 is 1.20 bits per heavy atom. The highest BCUT2D eigenvalue weighted by atomic mass is 32.2. The van der Waals surface area contributed by atoms with Gasteiger partial charge in [-0.25, -0.2) is 0 Å². The van der Waals surface area contributed by atoms with Crippen LogP contribution >= 0.6 is 11.8 Å². The lowest BCUT2D eigenvalue weighted by Gasteiger charge is -2.07. The topological polar surface area (TPSA) is 26.0 Å². The molecule has 0 aromatic heterocycles. The number of rotatable bonds is 3. The van der Waals surface area contributed by atoms with Crippen molar-refractivity contribution in [1.29, 1.82) is 0 Å². The van der Waals surface area contributed by atoms with Crippen LogP contribution in [-0.2, 0) is 0 Å². The smallest absolute Gasteiger partial charge is 0.0393 e. The van der Waals surface area contributed by atoms with Gasteiger partial charge >= 0.3 is 0 Å². The molecule has 0 spiro atoms. The maximum atomic E-state index is 6.01. The van der Waals surface area contributed by atoms with Crippen LogP contribution in [0.3, 0.4) is 0 Å². The Labute approximate surface area is 123 Å². The van der Waals surface area contributed by atoms with Crippen LogP contribution in [0.4, 0.5) is 5.69 Å². The van der Waals surface area contributed by atoms with Gasteiger partial charge in [0, 0.05) is 21.0 Å². The summed E-state index contributed by atoms with van der Waals surface area (Å²) in [7, 11) is 0. The van der Waals surface area contributed by atoms with E-state index >= 15 is 0 Å². The van der Waals surface area contributed by atoms with Crippen molar-refractivity contribution in [3.63, 3.8) is 0 Å². The molecule has 3 aromatic rings. The third-order valence-electron chi connectivity index (χ3n) is 3.11. The first-order valence-corrected chi connectivity index (χ1v) is 7.32. The van der Waals surface area contributed by atoms with Crippen LogP contribution < -0.4 is 5.73 Å². The fourth-order valence-electron chi connectivity index (χ4n) is 2.09. The summed E-state index contributed by atoms with van der Waals surface area (Å²) in [4.78, 5) is 2.48. The van der Waals surface area contributed by atoms with Gasteiger partial charge in [-0.15, -0.1) is 0 Å². The molecule has 2 heteroatoms. The zero-order valence-corrected chi connectivity index (χ0v) is 11.8. The maximum absolute atomic E-state index is 6.01. The van der Waals surface area contributed by atoms with E-state index < -0.39 is 0 Å². The summed E-state index contributed by atoms with van der Waals surface area (Å²) in [6, 6.07) is 26.9. The first-order chi connectivity index (χ1) is 9.83. The van der Waals surface area contributed by atoms with Gasteiger partial charge in [0.15, 0.2) is 0 Å². The quantitative estimate of drug-likeness (QED) is 0.675. The summed E-state index contributed by atoms with van der Waals surface area (Å²) < 4.78 is 0. The highest BCUT2D eigenvalue weighted by molar-refractivity contribution is 7.99. The van der Waals surface area contributed by atoms with Crippen molar-refractivity contribution in [3.8, 4) is 11.1 Å². The SMILES string of the molecule is Nc1ccccc1-c1ccc(Sc2ccccc2)cc1. The summed E-state index contributed by atoms with van der Waals surface area (Å²) in [5.74, 6) is 0. The van der Waals surface area contributed by atoms with Crippen LogP contribution in [0, 0.1) is 0 Å². The Kier molecular flexibility index (Phi) is 3.75. The molecule has 0 aliphatic carbocycles. The largest absolute Gasteiger partial charge is 0.398 e. The van der Waals surface area contributed by atoms with Crippen LogP contribution in [0.1, 0.15) is 0 Å². The standard InChI is InChI=1S/C18H15NS/c19-18-9-5-4-8-17(18)14-10-12-16(13-11-14)20-15-6-2-1-3-7-15/h1-13H,19H2. The lowest BCUT2D eigenvalue weighted by molar-refractivity contribution is 1.41. The second kappa shape index (κ2) is 5.85.